The van der Waals surface area contributed by atoms with Crippen LogP contribution in [0.2, 0.25) is 0 Å². The van der Waals surface area contributed by atoms with Crippen molar-refractivity contribution in [3.8, 4) is 11.5 Å². The molecule has 31 heavy (non-hydrogen) atoms. The molecule has 1 aromatic carbocycles. The number of benzene rings is 1. The lowest BCUT2D eigenvalue weighted by Gasteiger charge is -2.35. The number of hydrogen-bond donors (Lipinski definition) is 0. The maximum Gasteiger partial charge on any atom is 0.243 e. The van der Waals surface area contributed by atoms with E-state index in [0.717, 1.165) is 33.9 Å². The van der Waals surface area contributed by atoms with E-state index in [-0.39, 0.29) is 0 Å². The van der Waals surface area contributed by atoms with E-state index in [1.54, 1.807) is 22.6 Å². The minimum Gasteiger partial charge on any atom is -0.354 e. The Morgan fingerprint density at radius 2 is 1.61 bits per heavy atom. The van der Waals surface area contributed by atoms with Gasteiger partial charge in [-0.25, -0.2) is 18.4 Å². The summed E-state index contributed by atoms with van der Waals surface area (Å²) in [5, 5.41) is 0. The van der Waals surface area contributed by atoms with Crippen LogP contribution in [0.1, 0.15) is 22.4 Å². The highest BCUT2D eigenvalue weighted by Crippen LogP contribution is 2.26. The van der Waals surface area contributed by atoms with E-state index < -0.39 is 10.0 Å². The molecule has 3 heterocycles. The van der Waals surface area contributed by atoms with Crippen molar-refractivity contribution in [1.82, 2.24) is 19.3 Å². The Morgan fingerprint density at radius 1 is 0.871 bits per heavy atom. The maximum atomic E-state index is 13.1. The zero-order valence-corrected chi connectivity index (χ0v) is 19.1. The lowest BCUT2D eigenvalue weighted by atomic mass is 10.1. The van der Waals surface area contributed by atoms with E-state index in [1.165, 1.54) is 0 Å². The number of aromatic nitrogens is 3. The number of hydrogen-bond acceptors (Lipinski definition) is 6. The summed E-state index contributed by atoms with van der Waals surface area (Å²) in [4.78, 5) is 16.2. The monoisotopic (exact) mass is 437 g/mol. The van der Waals surface area contributed by atoms with Gasteiger partial charge in [-0.3, -0.25) is 4.98 Å². The van der Waals surface area contributed by atoms with Crippen molar-refractivity contribution in [1.29, 1.82) is 0 Å². The van der Waals surface area contributed by atoms with E-state index in [1.807, 2.05) is 52.0 Å². The second-order valence-electron chi connectivity index (χ2n) is 7.93. The highest BCUT2D eigenvalue weighted by atomic mass is 32.2. The molecule has 0 bridgehead atoms. The molecule has 0 N–H and O–H groups in total. The molecule has 7 nitrogen and oxygen atoms in total. The van der Waals surface area contributed by atoms with Gasteiger partial charge in [-0.05, 0) is 63.1 Å². The van der Waals surface area contributed by atoms with E-state index in [0.29, 0.717) is 36.9 Å². The second kappa shape index (κ2) is 8.36. The number of sulfonamides is 1. The van der Waals surface area contributed by atoms with Crippen LogP contribution in [0.25, 0.3) is 11.5 Å². The number of aryl methyl sites for hydroxylation is 3. The molecule has 1 aliphatic rings. The van der Waals surface area contributed by atoms with E-state index in [9.17, 15) is 8.42 Å². The average Bonchev–Trinajstić information content (AvgIpc) is 2.78. The molecule has 0 atom stereocenters. The molecule has 0 spiro atoms. The molecule has 162 valence electrons. The van der Waals surface area contributed by atoms with Crippen LogP contribution >= 0.6 is 0 Å². The summed E-state index contributed by atoms with van der Waals surface area (Å²) in [6.07, 6.45) is 1.73. The predicted octanol–water partition coefficient (Wildman–Crippen LogP) is 3.28. The van der Waals surface area contributed by atoms with E-state index >= 15 is 0 Å². The standard InChI is InChI=1S/C23H27N5O2S/c1-16-8-9-20(15-17(16)2)31(29,30)28-13-11-27(12-14-28)23-18(3)19(4)25-22(26-23)21-7-5-6-10-24-21/h5-10,15H,11-14H2,1-4H3. The summed E-state index contributed by atoms with van der Waals surface area (Å²) in [5.41, 5.74) is 4.69. The first-order chi connectivity index (χ1) is 14.8. The first kappa shape index (κ1) is 21.4. The van der Waals surface area contributed by atoms with Crippen molar-refractivity contribution in [2.45, 2.75) is 32.6 Å². The van der Waals surface area contributed by atoms with Crippen LogP contribution in [-0.4, -0.2) is 53.9 Å². The summed E-state index contributed by atoms with van der Waals surface area (Å²) in [5.74, 6) is 1.43. The topological polar surface area (TPSA) is 79.3 Å². The van der Waals surface area contributed by atoms with Crippen LogP contribution in [0.5, 0.6) is 0 Å². The van der Waals surface area contributed by atoms with Gasteiger partial charge in [0.05, 0.1) is 4.90 Å². The molecule has 8 heteroatoms. The lowest BCUT2D eigenvalue weighted by molar-refractivity contribution is 0.383. The quantitative estimate of drug-likeness (QED) is 0.623. The maximum absolute atomic E-state index is 13.1. The molecular formula is C23H27N5O2S. The van der Waals surface area contributed by atoms with Crippen molar-refractivity contribution in [2.75, 3.05) is 31.1 Å². The van der Waals surface area contributed by atoms with Gasteiger partial charge in [-0.2, -0.15) is 4.31 Å². The largest absolute Gasteiger partial charge is 0.354 e. The minimum atomic E-state index is -3.51. The molecule has 0 unspecified atom stereocenters. The molecule has 0 radical (unpaired) electrons. The Labute approximate surface area is 183 Å². The van der Waals surface area contributed by atoms with Gasteiger partial charge in [-0.15, -0.1) is 0 Å². The predicted molar refractivity (Wildman–Crippen MR) is 122 cm³/mol. The molecule has 0 aliphatic carbocycles. The summed E-state index contributed by atoms with van der Waals surface area (Å²) in [6.45, 7) is 9.86. The molecule has 1 aliphatic heterocycles. The Morgan fingerprint density at radius 3 is 2.26 bits per heavy atom. The van der Waals surface area contributed by atoms with Gasteiger partial charge in [0, 0.05) is 43.6 Å². The molecule has 0 amide bonds. The molecule has 1 fully saturated rings. The van der Waals surface area contributed by atoms with E-state index in [4.69, 9.17) is 4.98 Å². The van der Waals surface area contributed by atoms with Gasteiger partial charge >= 0.3 is 0 Å². The van der Waals surface area contributed by atoms with Crippen LogP contribution in [0.3, 0.4) is 0 Å². The average molecular weight is 438 g/mol. The van der Waals surface area contributed by atoms with Crippen LogP contribution in [-0.2, 0) is 10.0 Å². The Bertz CT molecular complexity index is 1200. The van der Waals surface area contributed by atoms with Crippen molar-refractivity contribution in [2.24, 2.45) is 0 Å². The van der Waals surface area contributed by atoms with Crippen molar-refractivity contribution < 1.29 is 8.42 Å². The zero-order valence-electron chi connectivity index (χ0n) is 18.3. The van der Waals surface area contributed by atoms with Crippen LogP contribution < -0.4 is 4.90 Å². The number of nitrogens with zero attached hydrogens (tertiary/aromatic N) is 5. The number of rotatable bonds is 4. The van der Waals surface area contributed by atoms with Crippen molar-refractivity contribution >= 4 is 15.8 Å². The fourth-order valence-corrected chi connectivity index (χ4v) is 5.20. The number of anilines is 1. The number of piperazine rings is 1. The zero-order chi connectivity index (χ0) is 22.2. The highest BCUT2D eigenvalue weighted by molar-refractivity contribution is 7.89. The summed E-state index contributed by atoms with van der Waals surface area (Å²) in [7, 11) is -3.51. The van der Waals surface area contributed by atoms with Crippen molar-refractivity contribution in [3.63, 3.8) is 0 Å². The van der Waals surface area contributed by atoms with Gasteiger partial charge in [0.2, 0.25) is 10.0 Å². The Kier molecular flexibility index (Phi) is 5.77. The summed E-state index contributed by atoms with van der Waals surface area (Å²) >= 11 is 0. The third kappa shape index (κ3) is 4.18. The fraction of sp³-hybridized carbons (Fsp3) is 0.348. The first-order valence-corrected chi connectivity index (χ1v) is 11.8. The molecule has 3 aromatic rings. The normalized spacial score (nSPS) is 15.3. The highest BCUT2D eigenvalue weighted by Gasteiger charge is 2.30. The SMILES string of the molecule is Cc1ccc(S(=O)(=O)N2CCN(c3nc(-c4ccccn4)nc(C)c3C)CC2)cc1C. The van der Waals surface area contributed by atoms with Crippen molar-refractivity contribution in [3.05, 3.63) is 65.0 Å². The third-order valence-electron chi connectivity index (χ3n) is 5.91. The third-order valence-corrected chi connectivity index (χ3v) is 7.81. The van der Waals surface area contributed by atoms with Gasteiger partial charge in [0.15, 0.2) is 5.82 Å². The lowest BCUT2D eigenvalue weighted by Crippen LogP contribution is -2.49. The second-order valence-corrected chi connectivity index (χ2v) is 9.87. The Hall–Kier alpha value is -2.84. The van der Waals surface area contributed by atoms with Crippen LogP contribution in [0.4, 0.5) is 5.82 Å². The van der Waals surface area contributed by atoms with Gasteiger partial charge in [-0.1, -0.05) is 12.1 Å². The van der Waals surface area contributed by atoms with Crippen LogP contribution in [0, 0.1) is 27.7 Å². The van der Waals surface area contributed by atoms with Gasteiger partial charge in [0.25, 0.3) is 0 Å². The molecule has 2 aromatic heterocycles. The molecule has 4 rings (SSSR count). The van der Waals surface area contributed by atoms with Gasteiger partial charge in [0.1, 0.15) is 11.5 Å². The molecular weight excluding hydrogens is 410 g/mol. The van der Waals surface area contributed by atoms with Gasteiger partial charge < -0.3 is 4.90 Å². The molecule has 1 saturated heterocycles. The molecule has 0 saturated carbocycles. The summed E-state index contributed by atoms with van der Waals surface area (Å²) in [6, 6.07) is 11.0. The van der Waals surface area contributed by atoms with Crippen LogP contribution in [0.15, 0.2) is 47.5 Å². The fourth-order valence-electron chi connectivity index (χ4n) is 3.69. The summed E-state index contributed by atoms with van der Waals surface area (Å²) < 4.78 is 27.8. The smallest absolute Gasteiger partial charge is 0.243 e. The minimum absolute atomic E-state index is 0.357. The first-order valence-electron chi connectivity index (χ1n) is 10.4. The number of pyridine rings is 1. The Balaban J connectivity index is 1.56. The van der Waals surface area contributed by atoms with E-state index in [2.05, 4.69) is 14.9 Å².